The zero-order valence-corrected chi connectivity index (χ0v) is 24.3. The Kier molecular flexibility index (Phi) is 9.31. The number of nitrogens with zero attached hydrogens (tertiary/aromatic N) is 2. The lowest BCUT2D eigenvalue weighted by atomic mass is 10.0. The Morgan fingerprint density at radius 1 is 1.21 bits per heavy atom. The largest absolute Gasteiger partial charge is 0.447 e. The van der Waals surface area contributed by atoms with Gasteiger partial charge in [-0.2, -0.15) is 0 Å². The highest BCUT2D eigenvalue weighted by molar-refractivity contribution is 6.30. The van der Waals surface area contributed by atoms with E-state index < -0.39 is 12.2 Å². The first kappa shape index (κ1) is 29.4. The molecule has 0 saturated carbocycles. The molecule has 1 aliphatic heterocycles. The van der Waals surface area contributed by atoms with E-state index in [-0.39, 0.29) is 24.8 Å². The van der Waals surface area contributed by atoms with Crippen molar-refractivity contribution in [1.82, 2.24) is 20.3 Å². The highest BCUT2D eigenvalue weighted by Crippen LogP contribution is 2.30. The van der Waals surface area contributed by atoms with Crippen molar-refractivity contribution in [2.75, 3.05) is 50.2 Å². The number of halogens is 1. The van der Waals surface area contributed by atoms with Crippen molar-refractivity contribution in [3.8, 4) is 11.4 Å². The predicted octanol–water partition coefficient (Wildman–Crippen LogP) is 4.37. The van der Waals surface area contributed by atoms with Gasteiger partial charge in [0, 0.05) is 49.7 Å². The smallest absolute Gasteiger partial charge is 0.407 e. The zero-order valence-electron chi connectivity index (χ0n) is 23.6. The standard InChI is InChI=1S/C30H35ClN6O5/c1-18-14-22(37-10-7-21(8-11-37)34-30(40)42-13-12-41-2)16-24-27(18)36-28(35-24)26-23(6-9-32-29(26)39)33-17-25(38)19-4-3-5-20(31)15-19/h3-6,9,14-16,21,25,38H,7-8,10-13,17H2,1-2H3,(H,34,40)(H,35,36)(H2,32,33,39). The Hall–Kier alpha value is -4.06. The molecule has 42 heavy (non-hydrogen) atoms. The molecule has 1 amide bonds. The molecule has 1 aliphatic rings. The lowest BCUT2D eigenvalue weighted by Gasteiger charge is -2.34. The van der Waals surface area contributed by atoms with E-state index >= 15 is 0 Å². The summed E-state index contributed by atoms with van der Waals surface area (Å²) in [6.07, 6.45) is 1.90. The summed E-state index contributed by atoms with van der Waals surface area (Å²) in [6.45, 7) is 4.32. The van der Waals surface area contributed by atoms with Gasteiger partial charge in [0.2, 0.25) is 0 Å². The van der Waals surface area contributed by atoms with Gasteiger partial charge in [0.15, 0.2) is 0 Å². The molecular weight excluding hydrogens is 560 g/mol. The van der Waals surface area contributed by atoms with Gasteiger partial charge in [-0.1, -0.05) is 23.7 Å². The van der Waals surface area contributed by atoms with Crippen LogP contribution in [-0.4, -0.2) is 72.2 Å². The molecule has 0 radical (unpaired) electrons. The van der Waals surface area contributed by atoms with Gasteiger partial charge in [0.25, 0.3) is 5.56 Å². The maximum atomic E-state index is 13.0. The number of carbonyl (C=O) groups excluding carboxylic acids is 1. The third-order valence-corrected chi connectivity index (χ3v) is 7.62. The number of hydrogen-bond donors (Lipinski definition) is 5. The van der Waals surface area contributed by atoms with Crippen LogP contribution in [0.5, 0.6) is 0 Å². The molecule has 1 saturated heterocycles. The molecule has 0 bridgehead atoms. The number of aliphatic hydroxyl groups is 1. The summed E-state index contributed by atoms with van der Waals surface area (Å²) >= 11 is 6.07. The number of methoxy groups -OCH3 is 1. The Morgan fingerprint density at radius 3 is 2.79 bits per heavy atom. The summed E-state index contributed by atoms with van der Waals surface area (Å²) in [4.78, 5) is 38.1. The van der Waals surface area contributed by atoms with Crippen LogP contribution >= 0.6 is 11.6 Å². The van der Waals surface area contributed by atoms with Gasteiger partial charge in [-0.25, -0.2) is 9.78 Å². The number of carbonyl (C=O) groups is 1. The lowest BCUT2D eigenvalue weighted by Crippen LogP contribution is -2.45. The molecule has 222 valence electrons. The quantitative estimate of drug-likeness (QED) is 0.170. The monoisotopic (exact) mass is 594 g/mol. The van der Waals surface area contributed by atoms with Crippen LogP contribution in [0.15, 0.2) is 53.5 Å². The average molecular weight is 595 g/mol. The SMILES string of the molecule is COCCOC(=O)NC1CCN(c2cc(C)c3nc(-c4c(NCC(O)c5cccc(Cl)c5)cc[nH]c4=O)[nH]c3c2)CC1. The van der Waals surface area contributed by atoms with Gasteiger partial charge < -0.3 is 40.1 Å². The van der Waals surface area contributed by atoms with E-state index in [0.717, 1.165) is 48.2 Å². The van der Waals surface area contributed by atoms with Crippen molar-refractivity contribution in [2.24, 2.45) is 0 Å². The minimum atomic E-state index is -0.822. The maximum Gasteiger partial charge on any atom is 0.407 e. The summed E-state index contributed by atoms with van der Waals surface area (Å²) in [5.74, 6) is 0.432. The number of anilines is 2. The fourth-order valence-electron chi connectivity index (χ4n) is 5.18. The molecule has 5 N–H and O–H groups in total. The number of hydrogen-bond acceptors (Lipinski definition) is 8. The number of H-pyrrole nitrogens is 2. The first-order chi connectivity index (χ1) is 20.3. The number of pyridine rings is 1. The van der Waals surface area contributed by atoms with Gasteiger partial charge in [0.1, 0.15) is 18.0 Å². The highest BCUT2D eigenvalue weighted by atomic mass is 35.5. The number of benzene rings is 2. The zero-order chi connectivity index (χ0) is 29.6. The van der Waals surface area contributed by atoms with E-state index in [4.69, 9.17) is 26.1 Å². The van der Waals surface area contributed by atoms with Crippen LogP contribution in [0, 0.1) is 6.92 Å². The number of aromatic nitrogens is 3. The normalized spacial score (nSPS) is 14.6. The molecule has 1 unspecified atom stereocenters. The third-order valence-electron chi connectivity index (χ3n) is 7.38. The van der Waals surface area contributed by atoms with Crippen LogP contribution in [0.25, 0.3) is 22.4 Å². The van der Waals surface area contributed by atoms with E-state index in [1.54, 1.807) is 43.6 Å². The number of amides is 1. The molecule has 1 atom stereocenters. The minimum Gasteiger partial charge on any atom is -0.447 e. The van der Waals surface area contributed by atoms with Gasteiger partial charge in [-0.15, -0.1) is 0 Å². The molecule has 2 aromatic heterocycles. The fraction of sp³-hybridized carbons (Fsp3) is 0.367. The summed E-state index contributed by atoms with van der Waals surface area (Å²) in [7, 11) is 1.56. The van der Waals surface area contributed by atoms with E-state index in [2.05, 4.69) is 31.6 Å². The molecule has 4 aromatic rings. The van der Waals surface area contributed by atoms with Crippen molar-refractivity contribution >= 4 is 40.1 Å². The number of rotatable bonds is 10. The molecule has 5 rings (SSSR count). The molecular formula is C30H35ClN6O5. The van der Waals surface area contributed by atoms with Crippen molar-refractivity contribution in [1.29, 1.82) is 0 Å². The fourth-order valence-corrected chi connectivity index (χ4v) is 5.38. The van der Waals surface area contributed by atoms with E-state index in [1.165, 1.54) is 0 Å². The van der Waals surface area contributed by atoms with Gasteiger partial charge in [-0.3, -0.25) is 4.79 Å². The number of aliphatic hydroxyl groups excluding tert-OH is 1. The second-order valence-electron chi connectivity index (χ2n) is 10.3. The molecule has 3 heterocycles. The Labute approximate surface area is 248 Å². The van der Waals surface area contributed by atoms with Gasteiger partial charge >= 0.3 is 6.09 Å². The summed E-state index contributed by atoms with van der Waals surface area (Å²) in [6, 6.07) is 13.0. The van der Waals surface area contributed by atoms with Crippen LogP contribution in [0.4, 0.5) is 16.2 Å². The van der Waals surface area contributed by atoms with Crippen molar-refractivity contribution in [3.63, 3.8) is 0 Å². The summed E-state index contributed by atoms with van der Waals surface area (Å²) < 4.78 is 10.0. The number of nitrogens with one attached hydrogen (secondary N) is 4. The summed E-state index contributed by atoms with van der Waals surface area (Å²) in [5, 5.41) is 17.3. The van der Waals surface area contributed by atoms with Gasteiger partial charge in [-0.05, 0) is 61.2 Å². The van der Waals surface area contributed by atoms with Crippen LogP contribution in [0.3, 0.4) is 0 Å². The third kappa shape index (κ3) is 6.87. The minimum absolute atomic E-state index is 0.0491. The second kappa shape index (κ2) is 13.3. The van der Waals surface area contributed by atoms with Crippen LogP contribution in [0.1, 0.15) is 30.1 Å². The van der Waals surface area contributed by atoms with Crippen molar-refractivity contribution in [3.05, 3.63) is 75.2 Å². The molecule has 0 spiro atoms. The number of aromatic amines is 2. The topological polar surface area (TPSA) is 145 Å². The predicted molar refractivity (Wildman–Crippen MR) is 163 cm³/mol. The number of piperidine rings is 1. The Bertz CT molecular complexity index is 1600. The van der Waals surface area contributed by atoms with Crippen LogP contribution in [-0.2, 0) is 9.47 Å². The van der Waals surface area contributed by atoms with Crippen LogP contribution in [0.2, 0.25) is 5.02 Å². The molecule has 1 fully saturated rings. The highest BCUT2D eigenvalue weighted by Gasteiger charge is 2.23. The van der Waals surface area contributed by atoms with E-state index in [1.807, 2.05) is 13.0 Å². The first-order valence-electron chi connectivity index (χ1n) is 13.9. The first-order valence-corrected chi connectivity index (χ1v) is 14.3. The van der Waals surface area contributed by atoms with E-state index in [9.17, 15) is 14.7 Å². The molecule has 0 aliphatic carbocycles. The van der Waals surface area contributed by atoms with Crippen molar-refractivity contribution in [2.45, 2.75) is 31.9 Å². The lowest BCUT2D eigenvalue weighted by molar-refractivity contribution is 0.0956. The number of alkyl carbamates (subject to hydrolysis) is 1. The number of ether oxygens (including phenoxy) is 2. The average Bonchev–Trinajstić information content (AvgIpc) is 3.41. The van der Waals surface area contributed by atoms with Gasteiger partial charge in [0.05, 0.1) is 29.4 Å². The molecule has 12 heteroatoms. The Balaban J connectivity index is 1.30. The number of aryl methyl sites for hydroxylation is 1. The number of fused-ring (bicyclic) bond motifs is 1. The molecule has 11 nitrogen and oxygen atoms in total. The van der Waals surface area contributed by atoms with Crippen molar-refractivity contribution < 1.29 is 19.4 Å². The summed E-state index contributed by atoms with van der Waals surface area (Å²) in [5.41, 5.74) is 4.89. The maximum absolute atomic E-state index is 13.0. The second-order valence-corrected chi connectivity index (χ2v) is 10.8. The Morgan fingerprint density at radius 2 is 2.02 bits per heavy atom. The van der Waals surface area contributed by atoms with E-state index in [0.29, 0.717) is 34.3 Å². The molecule has 2 aromatic carbocycles. The number of imidazole rings is 1. The van der Waals surface area contributed by atoms with Crippen LogP contribution < -0.4 is 21.1 Å².